The summed E-state index contributed by atoms with van der Waals surface area (Å²) in [6.45, 7) is -0.127. The van der Waals surface area contributed by atoms with Crippen molar-refractivity contribution in [3.8, 4) is 5.75 Å². The molecule has 8 nitrogen and oxygen atoms in total. The molecule has 31 heavy (non-hydrogen) atoms. The number of rotatable bonds is 10. The van der Waals surface area contributed by atoms with Crippen molar-refractivity contribution in [1.82, 2.24) is 10.2 Å². The van der Waals surface area contributed by atoms with Gasteiger partial charge in [-0.2, -0.15) is 0 Å². The van der Waals surface area contributed by atoms with Crippen LogP contribution in [0.2, 0.25) is 10.0 Å². The molecule has 0 aliphatic rings. The number of benzene rings is 2. The minimum Gasteiger partial charge on any atom is -0.497 e. The third kappa shape index (κ3) is 7.75. The van der Waals surface area contributed by atoms with Crippen LogP contribution in [0, 0.1) is 0 Å². The molecular formula is C21H23Cl2N3O5. The molecule has 2 aromatic rings. The summed E-state index contributed by atoms with van der Waals surface area (Å²) in [5, 5.41) is 5.73. The largest absolute Gasteiger partial charge is 0.497 e. The fraction of sp³-hybridized carbons (Fsp3) is 0.286. The molecule has 0 radical (unpaired) electrons. The van der Waals surface area contributed by atoms with Crippen molar-refractivity contribution in [2.24, 2.45) is 0 Å². The molecular weight excluding hydrogens is 445 g/mol. The molecule has 0 aliphatic carbocycles. The molecule has 0 spiro atoms. The third-order valence-corrected chi connectivity index (χ3v) is 4.72. The fourth-order valence-electron chi connectivity index (χ4n) is 2.57. The van der Waals surface area contributed by atoms with Gasteiger partial charge in [-0.3, -0.25) is 14.4 Å². The quantitative estimate of drug-likeness (QED) is 0.559. The van der Waals surface area contributed by atoms with E-state index < -0.39 is 17.7 Å². The minimum absolute atomic E-state index is 0.166. The SMILES string of the molecule is COCCN(CC(=O)NCC(=O)Nc1ccc(OC)cc1)C(=O)c1ccc(Cl)cc1Cl. The highest BCUT2D eigenvalue weighted by molar-refractivity contribution is 6.36. The van der Waals surface area contributed by atoms with Crippen molar-refractivity contribution < 1.29 is 23.9 Å². The lowest BCUT2D eigenvalue weighted by atomic mass is 10.2. The zero-order valence-corrected chi connectivity index (χ0v) is 18.6. The first-order chi connectivity index (χ1) is 14.8. The Balaban J connectivity index is 1.93. The minimum atomic E-state index is -0.501. The van der Waals surface area contributed by atoms with Gasteiger partial charge in [0.15, 0.2) is 0 Å². The Kier molecular flexibility index (Phi) is 9.58. The van der Waals surface area contributed by atoms with E-state index in [1.54, 1.807) is 37.4 Å². The predicted octanol–water partition coefficient (Wildman–Crippen LogP) is 2.85. The Morgan fingerprint density at radius 3 is 2.32 bits per heavy atom. The molecule has 2 rings (SSSR count). The van der Waals surface area contributed by atoms with E-state index in [0.717, 1.165) is 0 Å². The molecule has 0 unspecified atom stereocenters. The van der Waals surface area contributed by atoms with Crippen molar-refractivity contribution in [3.05, 3.63) is 58.1 Å². The lowest BCUT2D eigenvalue weighted by molar-refractivity contribution is -0.124. The van der Waals surface area contributed by atoms with Gasteiger partial charge in [0.1, 0.15) is 5.75 Å². The standard InChI is InChI=1S/C21H23Cl2N3O5/c1-30-10-9-26(21(29)17-8-3-14(22)11-18(17)23)13-20(28)24-12-19(27)25-15-4-6-16(31-2)7-5-15/h3-8,11H,9-10,12-13H2,1-2H3,(H,24,28)(H,25,27). The zero-order valence-electron chi connectivity index (χ0n) is 17.1. The van der Waals surface area contributed by atoms with Crippen LogP contribution in [0.15, 0.2) is 42.5 Å². The highest BCUT2D eigenvalue weighted by atomic mass is 35.5. The molecule has 166 valence electrons. The van der Waals surface area contributed by atoms with Crippen molar-refractivity contribution in [3.63, 3.8) is 0 Å². The molecule has 0 atom stereocenters. The Morgan fingerprint density at radius 1 is 1.00 bits per heavy atom. The van der Waals surface area contributed by atoms with E-state index in [2.05, 4.69) is 10.6 Å². The molecule has 2 N–H and O–H groups in total. The molecule has 0 aromatic heterocycles. The fourth-order valence-corrected chi connectivity index (χ4v) is 3.06. The van der Waals surface area contributed by atoms with Crippen LogP contribution >= 0.6 is 23.2 Å². The average molecular weight is 468 g/mol. The smallest absolute Gasteiger partial charge is 0.255 e. The Morgan fingerprint density at radius 2 is 1.71 bits per heavy atom. The molecule has 0 saturated carbocycles. The summed E-state index contributed by atoms with van der Waals surface area (Å²) in [7, 11) is 3.03. The number of methoxy groups -OCH3 is 2. The second kappa shape index (κ2) is 12.1. The number of anilines is 1. The molecule has 3 amide bonds. The second-order valence-corrected chi connectivity index (χ2v) is 7.24. The molecule has 0 heterocycles. The van der Waals surface area contributed by atoms with Crippen molar-refractivity contribution >= 4 is 46.6 Å². The maximum absolute atomic E-state index is 12.8. The number of halogens is 2. The maximum Gasteiger partial charge on any atom is 0.255 e. The summed E-state index contributed by atoms with van der Waals surface area (Å²) in [6.07, 6.45) is 0. The van der Waals surface area contributed by atoms with Crippen LogP contribution in [-0.4, -0.2) is 63.1 Å². The predicted molar refractivity (Wildman–Crippen MR) is 119 cm³/mol. The maximum atomic E-state index is 12.8. The Labute approximate surface area is 190 Å². The molecule has 0 saturated heterocycles. The molecule has 0 aliphatic heterocycles. The van der Waals surface area contributed by atoms with E-state index in [9.17, 15) is 14.4 Å². The first kappa shape index (κ1) is 24.5. The van der Waals surface area contributed by atoms with Crippen LogP contribution in [0.1, 0.15) is 10.4 Å². The second-order valence-electron chi connectivity index (χ2n) is 6.40. The van der Waals surface area contributed by atoms with Crippen LogP contribution < -0.4 is 15.4 Å². The van der Waals surface area contributed by atoms with E-state index in [0.29, 0.717) is 16.5 Å². The van der Waals surface area contributed by atoms with Crippen molar-refractivity contribution in [1.29, 1.82) is 0 Å². The van der Waals surface area contributed by atoms with Crippen molar-refractivity contribution in [2.75, 3.05) is 45.8 Å². The monoisotopic (exact) mass is 467 g/mol. The summed E-state index contributed by atoms with van der Waals surface area (Å²) in [5.74, 6) is -0.696. The number of hydrogen-bond acceptors (Lipinski definition) is 5. The van der Waals surface area contributed by atoms with Gasteiger partial charge in [0.05, 0.1) is 37.4 Å². The lowest BCUT2D eigenvalue weighted by Crippen LogP contribution is -2.44. The van der Waals surface area contributed by atoms with Gasteiger partial charge in [0.25, 0.3) is 5.91 Å². The highest BCUT2D eigenvalue weighted by Gasteiger charge is 2.21. The van der Waals surface area contributed by atoms with Gasteiger partial charge in [-0.25, -0.2) is 0 Å². The number of amides is 3. The molecule has 2 aromatic carbocycles. The van der Waals surface area contributed by atoms with Gasteiger partial charge in [0.2, 0.25) is 11.8 Å². The zero-order chi connectivity index (χ0) is 22.8. The third-order valence-electron chi connectivity index (χ3n) is 4.17. The van der Waals surface area contributed by atoms with E-state index in [1.165, 1.54) is 24.1 Å². The average Bonchev–Trinajstić information content (AvgIpc) is 2.75. The summed E-state index contributed by atoms with van der Waals surface area (Å²) in [5.41, 5.74) is 0.779. The van der Waals surface area contributed by atoms with E-state index in [-0.39, 0.29) is 36.8 Å². The number of nitrogens with zero attached hydrogens (tertiary/aromatic N) is 1. The summed E-state index contributed by atoms with van der Waals surface area (Å²) >= 11 is 12.0. The summed E-state index contributed by atoms with van der Waals surface area (Å²) < 4.78 is 10.1. The molecule has 0 bridgehead atoms. The van der Waals surface area contributed by atoms with E-state index >= 15 is 0 Å². The Hall–Kier alpha value is -2.81. The normalized spacial score (nSPS) is 10.3. The lowest BCUT2D eigenvalue weighted by Gasteiger charge is -2.22. The number of hydrogen-bond donors (Lipinski definition) is 2. The number of ether oxygens (including phenoxy) is 2. The first-order valence-electron chi connectivity index (χ1n) is 9.28. The van der Waals surface area contributed by atoms with Crippen LogP contribution in [0.5, 0.6) is 5.75 Å². The van der Waals surface area contributed by atoms with Gasteiger partial charge >= 0.3 is 0 Å². The van der Waals surface area contributed by atoms with Gasteiger partial charge in [-0.15, -0.1) is 0 Å². The number of nitrogens with one attached hydrogen (secondary N) is 2. The van der Waals surface area contributed by atoms with E-state index in [1.807, 2.05) is 0 Å². The van der Waals surface area contributed by atoms with Crippen LogP contribution in [0.3, 0.4) is 0 Å². The molecule has 10 heteroatoms. The highest BCUT2D eigenvalue weighted by Crippen LogP contribution is 2.22. The van der Waals surface area contributed by atoms with Gasteiger partial charge in [-0.1, -0.05) is 23.2 Å². The topological polar surface area (TPSA) is 97.0 Å². The number of carbonyl (C=O) groups excluding carboxylic acids is 3. The van der Waals surface area contributed by atoms with Crippen molar-refractivity contribution in [2.45, 2.75) is 0 Å². The number of carbonyl (C=O) groups is 3. The van der Waals surface area contributed by atoms with Gasteiger partial charge < -0.3 is 25.0 Å². The van der Waals surface area contributed by atoms with Crippen LogP contribution in [-0.2, 0) is 14.3 Å². The summed E-state index contributed by atoms with van der Waals surface area (Å²) in [4.78, 5) is 38.5. The summed E-state index contributed by atoms with van der Waals surface area (Å²) in [6, 6.07) is 11.3. The Bertz CT molecular complexity index is 922. The van der Waals surface area contributed by atoms with Crippen LogP contribution in [0.4, 0.5) is 5.69 Å². The van der Waals surface area contributed by atoms with Crippen LogP contribution in [0.25, 0.3) is 0 Å². The molecule has 0 fully saturated rings. The first-order valence-corrected chi connectivity index (χ1v) is 10.0. The van der Waals surface area contributed by atoms with Gasteiger partial charge in [0, 0.05) is 24.4 Å². The van der Waals surface area contributed by atoms with Gasteiger partial charge in [-0.05, 0) is 42.5 Å². The van der Waals surface area contributed by atoms with E-state index in [4.69, 9.17) is 32.7 Å².